The third-order valence-electron chi connectivity index (χ3n) is 2.83. The monoisotopic (exact) mass is 287 g/mol. The summed E-state index contributed by atoms with van der Waals surface area (Å²) in [4.78, 5) is 34.9. The number of hydrogen-bond donors (Lipinski definition) is 3. The van der Waals surface area contributed by atoms with Crippen LogP contribution in [-0.2, 0) is 14.4 Å². The molecule has 7 heteroatoms. The van der Waals surface area contributed by atoms with E-state index < -0.39 is 5.97 Å². The van der Waals surface area contributed by atoms with Gasteiger partial charge in [-0.2, -0.15) is 0 Å². The van der Waals surface area contributed by atoms with E-state index >= 15 is 0 Å². The van der Waals surface area contributed by atoms with Gasteiger partial charge in [-0.15, -0.1) is 0 Å². The summed E-state index contributed by atoms with van der Waals surface area (Å²) >= 11 is 0. The van der Waals surface area contributed by atoms with Gasteiger partial charge in [-0.1, -0.05) is 6.92 Å². The molecule has 0 rings (SSSR count). The molecule has 0 aliphatic carbocycles. The van der Waals surface area contributed by atoms with Crippen LogP contribution >= 0.6 is 0 Å². The first-order chi connectivity index (χ1) is 9.35. The fourth-order valence-electron chi connectivity index (χ4n) is 1.54. The fraction of sp³-hybridized carbons (Fsp3) is 0.769. The zero-order valence-corrected chi connectivity index (χ0v) is 12.4. The van der Waals surface area contributed by atoms with Gasteiger partial charge in [-0.05, 0) is 13.3 Å². The molecule has 0 saturated carbocycles. The second-order valence-corrected chi connectivity index (χ2v) is 4.78. The van der Waals surface area contributed by atoms with Crippen LogP contribution in [0.1, 0.15) is 33.6 Å². The normalized spacial score (nSPS) is 12.0. The summed E-state index contributed by atoms with van der Waals surface area (Å²) in [7, 11) is 0. The number of amides is 2. The first kappa shape index (κ1) is 18.4. The minimum atomic E-state index is -0.906. The molecular formula is C13H25N3O4. The van der Waals surface area contributed by atoms with Crippen LogP contribution in [0.15, 0.2) is 0 Å². The molecule has 0 bridgehead atoms. The number of carboxylic acid groups (broad SMARTS) is 1. The first-order valence-electron chi connectivity index (χ1n) is 6.83. The van der Waals surface area contributed by atoms with Gasteiger partial charge < -0.3 is 15.7 Å². The van der Waals surface area contributed by atoms with Crippen LogP contribution in [0.4, 0.5) is 0 Å². The van der Waals surface area contributed by atoms with Gasteiger partial charge in [0.15, 0.2) is 0 Å². The number of hydrogen-bond acceptors (Lipinski definition) is 4. The van der Waals surface area contributed by atoms with Crippen molar-refractivity contribution in [2.75, 3.05) is 26.2 Å². The maximum atomic E-state index is 11.8. The highest BCUT2D eigenvalue weighted by atomic mass is 16.4. The molecular weight excluding hydrogens is 262 g/mol. The molecule has 0 aliphatic heterocycles. The largest absolute Gasteiger partial charge is 0.481 e. The number of nitrogens with zero attached hydrogens (tertiary/aromatic N) is 1. The minimum absolute atomic E-state index is 0.0311. The van der Waals surface area contributed by atoms with Crippen molar-refractivity contribution in [3.05, 3.63) is 0 Å². The van der Waals surface area contributed by atoms with Crippen molar-refractivity contribution >= 4 is 17.8 Å². The van der Waals surface area contributed by atoms with Crippen LogP contribution in [0.2, 0.25) is 0 Å². The van der Waals surface area contributed by atoms with Crippen molar-refractivity contribution in [3.8, 4) is 0 Å². The molecule has 3 N–H and O–H groups in total. The Balaban J connectivity index is 4.24. The quantitative estimate of drug-likeness (QED) is 0.517. The predicted octanol–water partition coefficient (Wildman–Crippen LogP) is -0.186. The molecule has 0 heterocycles. The van der Waals surface area contributed by atoms with Gasteiger partial charge in [-0.3, -0.25) is 19.3 Å². The van der Waals surface area contributed by atoms with Crippen molar-refractivity contribution < 1.29 is 19.5 Å². The Bertz CT molecular complexity index is 334. The van der Waals surface area contributed by atoms with E-state index in [1.54, 1.807) is 4.90 Å². The van der Waals surface area contributed by atoms with Crippen LogP contribution in [0.5, 0.6) is 0 Å². The molecule has 2 amide bonds. The highest BCUT2D eigenvalue weighted by Crippen LogP contribution is 1.94. The molecule has 0 spiro atoms. The number of rotatable bonds is 10. The Hall–Kier alpha value is -1.63. The summed E-state index contributed by atoms with van der Waals surface area (Å²) in [5.74, 6) is -1.18. The average molecular weight is 287 g/mol. The zero-order valence-electron chi connectivity index (χ0n) is 12.4. The van der Waals surface area contributed by atoms with Crippen LogP contribution in [0.3, 0.4) is 0 Å². The molecule has 0 aromatic rings. The Morgan fingerprint density at radius 3 is 2.40 bits per heavy atom. The summed E-state index contributed by atoms with van der Waals surface area (Å²) in [6.45, 7) is 6.56. The Kier molecular flexibility index (Phi) is 9.36. The molecule has 116 valence electrons. The molecule has 1 unspecified atom stereocenters. The van der Waals surface area contributed by atoms with E-state index in [4.69, 9.17) is 5.11 Å². The number of carboxylic acids is 1. The molecule has 0 aliphatic rings. The van der Waals surface area contributed by atoms with Crippen molar-refractivity contribution in [3.63, 3.8) is 0 Å². The van der Waals surface area contributed by atoms with Gasteiger partial charge in [0.05, 0.1) is 13.0 Å². The highest BCUT2D eigenvalue weighted by Gasteiger charge is 2.13. The summed E-state index contributed by atoms with van der Waals surface area (Å²) in [5.41, 5.74) is 0. The average Bonchev–Trinajstić information content (AvgIpc) is 2.34. The van der Waals surface area contributed by atoms with E-state index in [2.05, 4.69) is 10.6 Å². The molecule has 7 nitrogen and oxygen atoms in total. The van der Waals surface area contributed by atoms with Gasteiger partial charge in [0.25, 0.3) is 0 Å². The van der Waals surface area contributed by atoms with Gasteiger partial charge in [0.2, 0.25) is 11.8 Å². The molecule has 0 fully saturated rings. The maximum absolute atomic E-state index is 11.8. The fourth-order valence-corrected chi connectivity index (χ4v) is 1.54. The lowest BCUT2D eigenvalue weighted by atomic mass is 10.2. The van der Waals surface area contributed by atoms with Gasteiger partial charge >= 0.3 is 5.97 Å². The first-order valence-corrected chi connectivity index (χ1v) is 6.83. The van der Waals surface area contributed by atoms with Crippen LogP contribution in [0.25, 0.3) is 0 Å². The SMILES string of the molecule is CCC(C)NC(=O)CN(CCNC(C)=O)CCC(=O)O. The summed E-state index contributed by atoms with van der Waals surface area (Å²) in [5, 5.41) is 14.2. The molecule has 0 aromatic heterocycles. The van der Waals surface area contributed by atoms with Gasteiger partial charge in [0.1, 0.15) is 0 Å². The standard InChI is InChI=1S/C13H25N3O4/c1-4-10(2)15-12(18)9-16(7-5-13(19)20)8-6-14-11(3)17/h10H,4-9H2,1-3H3,(H,14,17)(H,15,18)(H,19,20). The zero-order chi connectivity index (χ0) is 15.5. The highest BCUT2D eigenvalue weighted by molar-refractivity contribution is 5.78. The van der Waals surface area contributed by atoms with Crippen LogP contribution < -0.4 is 10.6 Å². The predicted molar refractivity (Wildman–Crippen MR) is 75.3 cm³/mol. The lowest BCUT2D eigenvalue weighted by Crippen LogP contribution is -2.44. The summed E-state index contributed by atoms with van der Waals surface area (Å²) in [6.07, 6.45) is 0.809. The Morgan fingerprint density at radius 2 is 1.90 bits per heavy atom. The van der Waals surface area contributed by atoms with Gasteiger partial charge in [0, 0.05) is 32.6 Å². The third-order valence-corrected chi connectivity index (χ3v) is 2.83. The van der Waals surface area contributed by atoms with Crippen molar-refractivity contribution in [1.82, 2.24) is 15.5 Å². The second-order valence-electron chi connectivity index (χ2n) is 4.78. The van der Waals surface area contributed by atoms with E-state index in [-0.39, 0.29) is 37.4 Å². The van der Waals surface area contributed by atoms with Crippen LogP contribution in [-0.4, -0.2) is 60.0 Å². The van der Waals surface area contributed by atoms with Gasteiger partial charge in [-0.25, -0.2) is 0 Å². The Morgan fingerprint density at radius 1 is 1.25 bits per heavy atom. The number of nitrogens with one attached hydrogen (secondary N) is 2. The second kappa shape index (κ2) is 10.2. The molecule has 1 atom stereocenters. The smallest absolute Gasteiger partial charge is 0.304 e. The minimum Gasteiger partial charge on any atom is -0.481 e. The number of carbonyl (C=O) groups is 3. The van der Waals surface area contributed by atoms with Crippen molar-refractivity contribution in [2.24, 2.45) is 0 Å². The molecule has 0 aromatic carbocycles. The molecule has 20 heavy (non-hydrogen) atoms. The Labute approximate surface area is 119 Å². The summed E-state index contributed by atoms with van der Waals surface area (Å²) < 4.78 is 0. The number of carbonyl (C=O) groups excluding carboxylic acids is 2. The lowest BCUT2D eigenvalue weighted by Gasteiger charge is -2.22. The maximum Gasteiger partial charge on any atom is 0.304 e. The van der Waals surface area contributed by atoms with E-state index in [0.717, 1.165) is 6.42 Å². The topological polar surface area (TPSA) is 98.7 Å². The number of aliphatic carboxylic acids is 1. The third kappa shape index (κ3) is 10.3. The van der Waals surface area contributed by atoms with E-state index in [1.807, 2.05) is 13.8 Å². The lowest BCUT2D eigenvalue weighted by molar-refractivity contribution is -0.138. The van der Waals surface area contributed by atoms with E-state index in [1.165, 1.54) is 6.92 Å². The molecule has 0 saturated heterocycles. The van der Waals surface area contributed by atoms with Crippen molar-refractivity contribution in [2.45, 2.75) is 39.7 Å². The summed E-state index contributed by atoms with van der Waals surface area (Å²) in [6, 6.07) is 0.0965. The van der Waals surface area contributed by atoms with E-state index in [0.29, 0.717) is 13.1 Å². The van der Waals surface area contributed by atoms with E-state index in [9.17, 15) is 14.4 Å². The van der Waals surface area contributed by atoms with Crippen LogP contribution in [0, 0.1) is 0 Å². The molecule has 0 radical (unpaired) electrons. The van der Waals surface area contributed by atoms with Crippen molar-refractivity contribution in [1.29, 1.82) is 0 Å².